The molecule has 0 bridgehead atoms. The number of H-pyrrole nitrogens is 2. The third-order valence-corrected chi connectivity index (χ3v) is 3.24. The summed E-state index contributed by atoms with van der Waals surface area (Å²) >= 11 is 1.40. The van der Waals surface area contributed by atoms with Gasteiger partial charge in [0.05, 0.1) is 22.4 Å². The predicted molar refractivity (Wildman–Crippen MR) is 57.8 cm³/mol. The molecule has 3 heterocycles. The highest BCUT2D eigenvalue weighted by Gasteiger charge is 2.08. The van der Waals surface area contributed by atoms with Crippen LogP contribution in [0.5, 0.6) is 0 Å². The highest BCUT2D eigenvalue weighted by molar-refractivity contribution is 7.22. The van der Waals surface area contributed by atoms with Crippen LogP contribution in [0.15, 0.2) is 29.5 Å². The second-order valence-electron chi connectivity index (χ2n) is 3.03. The molecule has 0 aliphatic heterocycles. The molecule has 5 nitrogen and oxygen atoms in total. The van der Waals surface area contributed by atoms with E-state index in [1.54, 1.807) is 6.20 Å². The lowest BCUT2D eigenvalue weighted by molar-refractivity contribution is 1.10. The number of nitrogens with zero attached hydrogens (tertiary/aromatic N) is 2. The molecule has 2 N–H and O–H groups in total. The van der Waals surface area contributed by atoms with Crippen molar-refractivity contribution in [3.05, 3.63) is 35.0 Å². The van der Waals surface area contributed by atoms with Gasteiger partial charge in [0.1, 0.15) is 4.70 Å². The number of aromatic amines is 2. The quantitative estimate of drug-likeness (QED) is 0.647. The van der Waals surface area contributed by atoms with E-state index in [0.29, 0.717) is 10.2 Å². The molecule has 0 spiro atoms. The molecular weight excluding hydrogens is 212 g/mol. The van der Waals surface area contributed by atoms with Gasteiger partial charge >= 0.3 is 0 Å². The lowest BCUT2D eigenvalue weighted by Gasteiger charge is -1.85. The van der Waals surface area contributed by atoms with Crippen LogP contribution in [0, 0.1) is 0 Å². The maximum absolute atomic E-state index is 11.5. The van der Waals surface area contributed by atoms with E-state index in [0.717, 1.165) is 10.6 Å². The largest absolute Gasteiger partial charge is 0.312 e. The first-order valence-corrected chi connectivity index (χ1v) is 5.13. The van der Waals surface area contributed by atoms with Gasteiger partial charge in [-0.3, -0.25) is 9.89 Å². The summed E-state index contributed by atoms with van der Waals surface area (Å²) in [6.07, 6.45) is 3.09. The van der Waals surface area contributed by atoms with Crippen LogP contribution in [0.1, 0.15) is 0 Å². The Labute approximate surface area is 87.8 Å². The molecule has 0 unspecified atom stereocenters. The van der Waals surface area contributed by atoms with Crippen molar-refractivity contribution in [3.8, 4) is 10.6 Å². The Morgan fingerprint density at radius 1 is 1.40 bits per heavy atom. The topological polar surface area (TPSA) is 74.4 Å². The summed E-state index contributed by atoms with van der Waals surface area (Å²) < 4.78 is 0.641. The molecule has 15 heavy (non-hydrogen) atoms. The van der Waals surface area contributed by atoms with Crippen LogP contribution < -0.4 is 5.56 Å². The van der Waals surface area contributed by atoms with Crippen LogP contribution in [0.2, 0.25) is 0 Å². The summed E-state index contributed by atoms with van der Waals surface area (Å²) in [6.45, 7) is 0. The average Bonchev–Trinajstić information content (AvgIpc) is 2.86. The fourth-order valence-corrected chi connectivity index (χ4v) is 2.37. The van der Waals surface area contributed by atoms with Crippen LogP contribution in [0.25, 0.3) is 20.8 Å². The SMILES string of the molecule is O=c1[nH]cnc2cc(-c3ccn[nH]3)sc12. The first kappa shape index (κ1) is 8.37. The Balaban J connectivity index is 2.32. The molecule has 74 valence electrons. The van der Waals surface area contributed by atoms with Gasteiger partial charge in [-0.1, -0.05) is 0 Å². The minimum Gasteiger partial charge on any atom is -0.312 e. The Morgan fingerprint density at radius 3 is 3.07 bits per heavy atom. The van der Waals surface area contributed by atoms with Crippen molar-refractivity contribution in [2.75, 3.05) is 0 Å². The van der Waals surface area contributed by atoms with Crippen molar-refractivity contribution in [1.82, 2.24) is 20.2 Å². The molecule has 0 aliphatic carbocycles. The average molecular weight is 218 g/mol. The summed E-state index contributed by atoms with van der Waals surface area (Å²) in [5.41, 5.74) is 1.52. The fraction of sp³-hybridized carbons (Fsp3) is 0. The molecule has 0 saturated heterocycles. The molecule has 0 saturated carbocycles. The molecule has 0 aromatic carbocycles. The predicted octanol–water partition coefficient (Wildman–Crippen LogP) is 1.37. The second kappa shape index (κ2) is 3.03. The first-order valence-electron chi connectivity index (χ1n) is 4.31. The lowest BCUT2D eigenvalue weighted by Crippen LogP contribution is -2.02. The van der Waals surface area contributed by atoms with Crippen molar-refractivity contribution < 1.29 is 0 Å². The lowest BCUT2D eigenvalue weighted by atomic mass is 10.3. The van der Waals surface area contributed by atoms with E-state index < -0.39 is 0 Å². The monoisotopic (exact) mass is 218 g/mol. The standard InChI is InChI=1S/C9H6N4OS/c14-9-8-6(10-4-11-9)3-7(15-8)5-1-2-12-13-5/h1-4H,(H,12,13)(H,10,11,14). The first-order chi connectivity index (χ1) is 7.34. The van der Waals surface area contributed by atoms with E-state index in [1.807, 2.05) is 12.1 Å². The summed E-state index contributed by atoms with van der Waals surface area (Å²) in [5, 5.41) is 6.72. The molecule has 3 aromatic heterocycles. The highest BCUT2D eigenvalue weighted by Crippen LogP contribution is 2.28. The molecule has 3 aromatic rings. The molecule has 0 atom stereocenters. The number of rotatable bonds is 1. The number of hydrogen-bond donors (Lipinski definition) is 2. The summed E-state index contributed by atoms with van der Waals surface area (Å²) in [5.74, 6) is 0. The molecule has 0 aliphatic rings. The maximum Gasteiger partial charge on any atom is 0.268 e. The van der Waals surface area contributed by atoms with Gasteiger partial charge in [0.15, 0.2) is 0 Å². The third-order valence-electron chi connectivity index (χ3n) is 2.08. The Bertz CT molecular complexity index is 652. The smallest absolute Gasteiger partial charge is 0.268 e. The van der Waals surface area contributed by atoms with Crippen molar-refractivity contribution >= 4 is 21.6 Å². The molecule has 6 heteroatoms. The summed E-state index contributed by atoms with van der Waals surface area (Å²) in [4.78, 5) is 19.1. The molecule has 0 fully saturated rings. The normalized spacial score (nSPS) is 10.9. The number of nitrogens with one attached hydrogen (secondary N) is 2. The zero-order valence-corrected chi connectivity index (χ0v) is 8.34. The molecule has 0 amide bonds. The van der Waals surface area contributed by atoms with E-state index in [9.17, 15) is 4.79 Å². The minimum absolute atomic E-state index is 0.101. The van der Waals surface area contributed by atoms with Crippen LogP contribution in [-0.4, -0.2) is 20.2 Å². The van der Waals surface area contributed by atoms with Gasteiger partial charge in [-0.2, -0.15) is 5.10 Å². The van der Waals surface area contributed by atoms with Crippen molar-refractivity contribution in [2.45, 2.75) is 0 Å². The van der Waals surface area contributed by atoms with Gasteiger partial charge in [0.25, 0.3) is 5.56 Å². The van der Waals surface area contributed by atoms with Gasteiger partial charge in [-0.25, -0.2) is 4.98 Å². The van der Waals surface area contributed by atoms with E-state index in [1.165, 1.54) is 17.7 Å². The number of aromatic nitrogens is 4. The van der Waals surface area contributed by atoms with Gasteiger partial charge in [-0.15, -0.1) is 11.3 Å². The van der Waals surface area contributed by atoms with Crippen molar-refractivity contribution in [1.29, 1.82) is 0 Å². The fourth-order valence-electron chi connectivity index (χ4n) is 1.39. The number of thiophene rings is 1. The summed E-state index contributed by atoms with van der Waals surface area (Å²) in [7, 11) is 0. The highest BCUT2D eigenvalue weighted by atomic mass is 32.1. The second-order valence-corrected chi connectivity index (χ2v) is 4.08. The van der Waals surface area contributed by atoms with E-state index in [-0.39, 0.29) is 5.56 Å². The van der Waals surface area contributed by atoms with Crippen molar-refractivity contribution in [2.24, 2.45) is 0 Å². The van der Waals surface area contributed by atoms with E-state index in [4.69, 9.17) is 0 Å². The zero-order chi connectivity index (χ0) is 10.3. The van der Waals surface area contributed by atoms with Gasteiger partial charge in [0, 0.05) is 6.20 Å². The van der Waals surface area contributed by atoms with Crippen LogP contribution in [0.3, 0.4) is 0 Å². The Kier molecular flexibility index (Phi) is 1.69. The van der Waals surface area contributed by atoms with Gasteiger partial charge < -0.3 is 4.98 Å². The van der Waals surface area contributed by atoms with Crippen molar-refractivity contribution in [3.63, 3.8) is 0 Å². The number of fused-ring (bicyclic) bond motifs is 1. The Morgan fingerprint density at radius 2 is 2.33 bits per heavy atom. The van der Waals surface area contributed by atoms with E-state index in [2.05, 4.69) is 20.2 Å². The minimum atomic E-state index is -0.101. The molecule has 3 rings (SSSR count). The number of hydrogen-bond acceptors (Lipinski definition) is 4. The maximum atomic E-state index is 11.5. The third kappa shape index (κ3) is 1.26. The van der Waals surface area contributed by atoms with Crippen LogP contribution in [0.4, 0.5) is 0 Å². The van der Waals surface area contributed by atoms with E-state index >= 15 is 0 Å². The molecule has 0 radical (unpaired) electrons. The summed E-state index contributed by atoms with van der Waals surface area (Å²) in [6, 6.07) is 3.74. The molecular formula is C9H6N4OS. The van der Waals surface area contributed by atoms with Crippen LogP contribution >= 0.6 is 11.3 Å². The van der Waals surface area contributed by atoms with Gasteiger partial charge in [-0.05, 0) is 12.1 Å². The van der Waals surface area contributed by atoms with Gasteiger partial charge in [0.2, 0.25) is 0 Å². The Hall–Kier alpha value is -1.95. The zero-order valence-electron chi connectivity index (χ0n) is 7.52. The van der Waals surface area contributed by atoms with Crippen LogP contribution in [-0.2, 0) is 0 Å².